The maximum absolute atomic E-state index is 12.5. The molecule has 1 aromatic rings. The van der Waals surface area contributed by atoms with Gasteiger partial charge in [0.1, 0.15) is 9.84 Å². The number of rotatable bonds is 6. The number of nitrogens with one attached hydrogen (secondary N) is 1. The van der Waals surface area contributed by atoms with Crippen molar-refractivity contribution in [1.29, 1.82) is 0 Å². The molecular formula is C17H23N3O5S. The lowest BCUT2D eigenvalue weighted by molar-refractivity contribution is -0.132. The molecule has 1 aromatic heterocycles. The lowest BCUT2D eigenvalue weighted by Gasteiger charge is -2.28. The molecule has 0 bridgehead atoms. The van der Waals surface area contributed by atoms with Crippen LogP contribution in [-0.2, 0) is 19.4 Å². The summed E-state index contributed by atoms with van der Waals surface area (Å²) in [7, 11) is -3.19. The molecule has 1 spiro atoms. The van der Waals surface area contributed by atoms with E-state index in [0.717, 1.165) is 6.26 Å². The number of carbonyl (C=O) groups is 2. The molecule has 2 saturated heterocycles. The molecule has 2 amide bonds. The Morgan fingerprint density at radius 3 is 2.96 bits per heavy atom. The van der Waals surface area contributed by atoms with Gasteiger partial charge in [0.25, 0.3) is 0 Å². The third-order valence-corrected chi connectivity index (χ3v) is 6.10. The second-order valence-corrected chi connectivity index (χ2v) is 9.25. The van der Waals surface area contributed by atoms with Gasteiger partial charge in [-0.15, -0.1) is 0 Å². The number of aromatic nitrogens is 1. The van der Waals surface area contributed by atoms with Crippen LogP contribution in [0.5, 0.6) is 5.88 Å². The zero-order valence-corrected chi connectivity index (χ0v) is 15.5. The molecule has 0 unspecified atom stereocenters. The van der Waals surface area contributed by atoms with Crippen LogP contribution in [0.15, 0.2) is 24.4 Å². The van der Waals surface area contributed by atoms with E-state index in [1.165, 1.54) is 0 Å². The average molecular weight is 381 g/mol. The number of ether oxygens (including phenoxy) is 1. The summed E-state index contributed by atoms with van der Waals surface area (Å²) in [5.74, 6) is -0.0268. The maximum Gasteiger partial charge on any atom is 0.228 e. The number of pyridine rings is 1. The van der Waals surface area contributed by atoms with E-state index >= 15 is 0 Å². The summed E-state index contributed by atoms with van der Waals surface area (Å²) in [5, 5.41) is 2.88. The van der Waals surface area contributed by atoms with E-state index in [9.17, 15) is 18.0 Å². The van der Waals surface area contributed by atoms with Gasteiger partial charge in [-0.25, -0.2) is 13.4 Å². The molecule has 2 fully saturated rings. The van der Waals surface area contributed by atoms with Gasteiger partial charge in [-0.1, -0.05) is 6.07 Å². The molecule has 2 aliphatic rings. The van der Waals surface area contributed by atoms with E-state index in [2.05, 4.69) is 10.3 Å². The lowest BCUT2D eigenvalue weighted by atomic mass is 9.77. The minimum atomic E-state index is -3.19. The summed E-state index contributed by atoms with van der Waals surface area (Å²) in [6.45, 7) is 1.59. The summed E-state index contributed by atoms with van der Waals surface area (Å²) in [6, 6.07) is 5.38. The summed E-state index contributed by atoms with van der Waals surface area (Å²) in [4.78, 5) is 30.5. The fourth-order valence-electron chi connectivity index (χ4n) is 3.60. The first kappa shape index (κ1) is 18.6. The first-order valence-electron chi connectivity index (χ1n) is 8.58. The number of hydrogen-bond acceptors (Lipinski definition) is 6. The van der Waals surface area contributed by atoms with Crippen molar-refractivity contribution in [1.82, 2.24) is 15.2 Å². The second kappa shape index (κ2) is 7.22. The predicted octanol–water partition coefficient (Wildman–Crippen LogP) is -0.140. The molecule has 1 N–H and O–H groups in total. The molecule has 9 heteroatoms. The predicted molar refractivity (Wildman–Crippen MR) is 94.2 cm³/mol. The molecule has 0 aliphatic carbocycles. The topological polar surface area (TPSA) is 106 Å². The van der Waals surface area contributed by atoms with Crippen molar-refractivity contribution in [3.8, 4) is 5.88 Å². The second-order valence-electron chi connectivity index (χ2n) is 6.99. The van der Waals surface area contributed by atoms with Crippen LogP contribution in [0.2, 0.25) is 0 Å². The fourth-order valence-corrected chi connectivity index (χ4v) is 4.15. The Balaban J connectivity index is 1.63. The van der Waals surface area contributed by atoms with Gasteiger partial charge < -0.3 is 15.0 Å². The first-order chi connectivity index (χ1) is 12.3. The van der Waals surface area contributed by atoms with Crippen molar-refractivity contribution < 1.29 is 22.7 Å². The van der Waals surface area contributed by atoms with Gasteiger partial charge in [0, 0.05) is 50.5 Å². The van der Waals surface area contributed by atoms with Gasteiger partial charge in [0.15, 0.2) is 0 Å². The van der Waals surface area contributed by atoms with Crippen LogP contribution in [0.3, 0.4) is 0 Å². The highest BCUT2D eigenvalue weighted by atomic mass is 32.2. The Hall–Kier alpha value is -2.16. The van der Waals surface area contributed by atoms with Gasteiger partial charge in [-0.05, 0) is 12.5 Å². The lowest BCUT2D eigenvalue weighted by Crippen LogP contribution is -2.41. The number of hydrogen-bond donors (Lipinski definition) is 1. The number of sulfone groups is 1. The molecule has 8 nitrogen and oxygen atoms in total. The van der Waals surface area contributed by atoms with Crippen molar-refractivity contribution >= 4 is 21.7 Å². The first-order valence-corrected chi connectivity index (χ1v) is 10.6. The molecule has 3 rings (SSSR count). The van der Waals surface area contributed by atoms with Crippen molar-refractivity contribution in [3.05, 3.63) is 24.4 Å². The molecule has 26 heavy (non-hydrogen) atoms. The molecule has 2 aliphatic heterocycles. The highest BCUT2D eigenvalue weighted by Gasteiger charge is 2.55. The van der Waals surface area contributed by atoms with Crippen LogP contribution in [0.4, 0.5) is 0 Å². The summed E-state index contributed by atoms with van der Waals surface area (Å²) < 4.78 is 28.3. The Kier molecular flexibility index (Phi) is 5.17. The largest absolute Gasteiger partial charge is 0.477 e. The van der Waals surface area contributed by atoms with E-state index in [1.807, 2.05) is 6.07 Å². The molecule has 3 heterocycles. The third-order valence-electron chi connectivity index (χ3n) is 5.15. The zero-order valence-electron chi connectivity index (χ0n) is 14.7. The molecule has 0 radical (unpaired) electrons. The molecule has 0 saturated carbocycles. The summed E-state index contributed by atoms with van der Waals surface area (Å²) >= 11 is 0. The molecule has 0 aromatic carbocycles. The quantitative estimate of drug-likeness (QED) is 0.735. The van der Waals surface area contributed by atoms with Gasteiger partial charge in [-0.2, -0.15) is 0 Å². The third kappa shape index (κ3) is 3.98. The van der Waals surface area contributed by atoms with E-state index in [-0.39, 0.29) is 29.9 Å². The van der Waals surface area contributed by atoms with E-state index in [0.29, 0.717) is 38.5 Å². The van der Waals surface area contributed by atoms with Crippen LogP contribution in [0, 0.1) is 11.3 Å². The number of likely N-dealkylation sites (tertiary alicyclic amines) is 1. The smallest absolute Gasteiger partial charge is 0.228 e. The Bertz CT molecular complexity index is 783. The SMILES string of the molecule is CS(=O)(=O)CCC(=O)N1CC[C@]2(C1)C(=O)NC[C@H]2COc1ccccn1. The van der Waals surface area contributed by atoms with Crippen molar-refractivity contribution in [2.24, 2.45) is 11.3 Å². The minimum Gasteiger partial charge on any atom is -0.477 e. The summed E-state index contributed by atoms with van der Waals surface area (Å²) in [5.41, 5.74) is -0.671. The van der Waals surface area contributed by atoms with E-state index < -0.39 is 15.3 Å². The van der Waals surface area contributed by atoms with E-state index in [1.54, 1.807) is 23.2 Å². The number of carbonyl (C=O) groups excluding carboxylic acids is 2. The molecular weight excluding hydrogens is 358 g/mol. The van der Waals surface area contributed by atoms with E-state index in [4.69, 9.17) is 4.74 Å². The van der Waals surface area contributed by atoms with Crippen molar-refractivity contribution in [3.63, 3.8) is 0 Å². The van der Waals surface area contributed by atoms with Crippen LogP contribution < -0.4 is 10.1 Å². The fraction of sp³-hybridized carbons (Fsp3) is 0.588. The highest BCUT2D eigenvalue weighted by Crippen LogP contribution is 2.41. The number of amides is 2. The Morgan fingerprint density at radius 2 is 2.27 bits per heavy atom. The van der Waals surface area contributed by atoms with Gasteiger partial charge in [0.2, 0.25) is 17.7 Å². The van der Waals surface area contributed by atoms with Gasteiger partial charge in [0.05, 0.1) is 17.8 Å². The zero-order chi connectivity index (χ0) is 18.8. The van der Waals surface area contributed by atoms with Gasteiger partial charge in [-0.3, -0.25) is 9.59 Å². The van der Waals surface area contributed by atoms with Crippen molar-refractivity contribution in [2.75, 3.05) is 38.2 Å². The van der Waals surface area contributed by atoms with Gasteiger partial charge >= 0.3 is 0 Å². The monoisotopic (exact) mass is 381 g/mol. The molecule has 2 atom stereocenters. The maximum atomic E-state index is 12.5. The van der Waals surface area contributed by atoms with Crippen LogP contribution in [0.25, 0.3) is 0 Å². The Labute approximate surface area is 152 Å². The molecule has 142 valence electrons. The van der Waals surface area contributed by atoms with Crippen LogP contribution >= 0.6 is 0 Å². The Morgan fingerprint density at radius 1 is 1.46 bits per heavy atom. The standard InChI is InChI=1S/C17H23N3O5S/c1-26(23,24)9-5-15(21)20-8-6-17(12-20)13(10-19-16(17)22)11-25-14-4-2-3-7-18-14/h2-4,7,13H,5-6,8-12H2,1H3,(H,19,22)/t13-,17+/m0/s1. The average Bonchev–Trinajstić information content (AvgIpc) is 3.18. The van der Waals surface area contributed by atoms with Crippen LogP contribution in [-0.4, -0.2) is 68.4 Å². The van der Waals surface area contributed by atoms with Crippen LogP contribution in [0.1, 0.15) is 12.8 Å². The highest BCUT2D eigenvalue weighted by molar-refractivity contribution is 7.90. The normalized spacial score (nSPS) is 25.5. The summed E-state index contributed by atoms with van der Waals surface area (Å²) in [6.07, 6.45) is 3.26. The minimum absolute atomic E-state index is 0.0500. The number of nitrogens with zero attached hydrogens (tertiary/aromatic N) is 2. The van der Waals surface area contributed by atoms with Crippen molar-refractivity contribution in [2.45, 2.75) is 12.8 Å².